The van der Waals surface area contributed by atoms with Gasteiger partial charge in [-0.2, -0.15) is 11.3 Å². The van der Waals surface area contributed by atoms with E-state index in [2.05, 4.69) is 27.0 Å². The van der Waals surface area contributed by atoms with E-state index in [1.54, 1.807) is 11.3 Å². The molecule has 3 heterocycles. The maximum atomic E-state index is 3.75. The molecule has 0 radical (unpaired) electrons. The Morgan fingerprint density at radius 3 is 3.25 bits per heavy atom. The molecule has 3 rings (SSSR count). The summed E-state index contributed by atoms with van der Waals surface area (Å²) in [6.45, 7) is 3.81. The number of fused-ring (bicyclic) bond motifs is 1. The summed E-state index contributed by atoms with van der Waals surface area (Å²) in [5.41, 5.74) is 1.48. The lowest BCUT2D eigenvalue weighted by Crippen LogP contribution is -2.39. The van der Waals surface area contributed by atoms with Gasteiger partial charge in [-0.25, -0.2) is 0 Å². The summed E-state index contributed by atoms with van der Waals surface area (Å²) >= 11 is 1.80. The Balaban J connectivity index is 1.45. The van der Waals surface area contributed by atoms with Gasteiger partial charge in [-0.05, 0) is 61.2 Å². The van der Waals surface area contributed by atoms with Crippen molar-refractivity contribution in [1.29, 1.82) is 0 Å². The van der Waals surface area contributed by atoms with E-state index >= 15 is 0 Å². The molecule has 0 aliphatic carbocycles. The summed E-state index contributed by atoms with van der Waals surface area (Å²) in [4.78, 5) is 2.67. The van der Waals surface area contributed by atoms with Gasteiger partial charge in [0.15, 0.2) is 0 Å². The molecule has 16 heavy (non-hydrogen) atoms. The van der Waals surface area contributed by atoms with Gasteiger partial charge in [0.05, 0.1) is 0 Å². The number of nitrogens with zero attached hydrogens (tertiary/aromatic N) is 1. The average Bonchev–Trinajstić information content (AvgIpc) is 2.95. The van der Waals surface area contributed by atoms with Crippen LogP contribution in [0.4, 0.5) is 0 Å². The predicted octanol–water partition coefficient (Wildman–Crippen LogP) is 2.12. The Bertz CT molecular complexity index is 323. The summed E-state index contributed by atoms with van der Waals surface area (Å²) in [5.74, 6) is 0. The maximum absolute atomic E-state index is 3.75. The van der Waals surface area contributed by atoms with Crippen molar-refractivity contribution in [2.45, 2.75) is 37.8 Å². The van der Waals surface area contributed by atoms with E-state index in [0.717, 1.165) is 18.6 Å². The van der Waals surface area contributed by atoms with E-state index < -0.39 is 0 Å². The van der Waals surface area contributed by atoms with Gasteiger partial charge in [0.25, 0.3) is 0 Å². The highest BCUT2D eigenvalue weighted by atomic mass is 32.1. The number of nitrogens with one attached hydrogen (secondary N) is 1. The van der Waals surface area contributed by atoms with Crippen LogP contribution in [-0.2, 0) is 6.42 Å². The first-order chi connectivity index (χ1) is 7.93. The Kier molecular flexibility index (Phi) is 3.27. The topological polar surface area (TPSA) is 15.3 Å². The zero-order chi connectivity index (χ0) is 10.8. The van der Waals surface area contributed by atoms with Crippen molar-refractivity contribution in [3.05, 3.63) is 22.4 Å². The molecule has 0 aromatic carbocycles. The summed E-state index contributed by atoms with van der Waals surface area (Å²) in [5, 5.41) is 8.19. The molecule has 1 aromatic heterocycles. The number of hydrogen-bond acceptors (Lipinski definition) is 3. The van der Waals surface area contributed by atoms with Crippen molar-refractivity contribution >= 4 is 11.3 Å². The van der Waals surface area contributed by atoms with Crippen molar-refractivity contribution in [3.63, 3.8) is 0 Å². The van der Waals surface area contributed by atoms with Gasteiger partial charge >= 0.3 is 0 Å². The van der Waals surface area contributed by atoms with Crippen LogP contribution in [0.2, 0.25) is 0 Å². The van der Waals surface area contributed by atoms with Gasteiger partial charge in [-0.3, -0.25) is 4.90 Å². The molecule has 2 unspecified atom stereocenters. The molecular weight excluding hydrogens is 216 g/mol. The summed E-state index contributed by atoms with van der Waals surface area (Å²) in [6, 6.07) is 3.85. The molecule has 0 spiro atoms. The van der Waals surface area contributed by atoms with Crippen LogP contribution in [0, 0.1) is 0 Å². The van der Waals surface area contributed by atoms with Gasteiger partial charge in [0, 0.05) is 18.6 Å². The Morgan fingerprint density at radius 1 is 1.38 bits per heavy atom. The maximum Gasteiger partial charge on any atom is 0.0250 e. The van der Waals surface area contributed by atoms with Gasteiger partial charge in [-0.15, -0.1) is 0 Å². The van der Waals surface area contributed by atoms with Gasteiger partial charge in [0.2, 0.25) is 0 Å². The minimum Gasteiger partial charge on any atom is -0.312 e. The van der Waals surface area contributed by atoms with Gasteiger partial charge < -0.3 is 5.32 Å². The summed E-state index contributed by atoms with van der Waals surface area (Å²) in [6.07, 6.45) is 5.37. The number of hydrogen-bond donors (Lipinski definition) is 1. The quantitative estimate of drug-likeness (QED) is 0.861. The fraction of sp³-hybridized carbons (Fsp3) is 0.692. The van der Waals surface area contributed by atoms with E-state index in [1.165, 1.54) is 44.3 Å². The molecule has 2 atom stereocenters. The molecule has 2 fully saturated rings. The first-order valence-electron chi connectivity index (χ1n) is 6.42. The molecule has 2 aliphatic rings. The predicted molar refractivity (Wildman–Crippen MR) is 69.0 cm³/mol. The monoisotopic (exact) mass is 236 g/mol. The van der Waals surface area contributed by atoms with Crippen molar-refractivity contribution in [2.75, 3.05) is 19.6 Å². The molecule has 0 saturated carbocycles. The van der Waals surface area contributed by atoms with Crippen LogP contribution >= 0.6 is 11.3 Å². The van der Waals surface area contributed by atoms with Gasteiger partial charge in [-0.1, -0.05) is 0 Å². The van der Waals surface area contributed by atoms with Crippen molar-refractivity contribution in [1.82, 2.24) is 10.2 Å². The van der Waals surface area contributed by atoms with Crippen LogP contribution in [0.3, 0.4) is 0 Å². The van der Waals surface area contributed by atoms with Crippen molar-refractivity contribution < 1.29 is 0 Å². The van der Waals surface area contributed by atoms with Crippen LogP contribution in [0.15, 0.2) is 16.8 Å². The van der Waals surface area contributed by atoms with E-state index in [1.807, 2.05) is 0 Å². The lowest BCUT2D eigenvalue weighted by molar-refractivity contribution is 0.299. The number of rotatable bonds is 4. The first-order valence-corrected chi connectivity index (χ1v) is 7.36. The third kappa shape index (κ3) is 2.17. The first kappa shape index (κ1) is 10.8. The molecule has 2 nitrogen and oxygen atoms in total. The second-order valence-electron chi connectivity index (χ2n) is 4.98. The van der Waals surface area contributed by atoms with E-state index in [0.29, 0.717) is 0 Å². The highest BCUT2D eigenvalue weighted by Crippen LogP contribution is 2.27. The van der Waals surface area contributed by atoms with Gasteiger partial charge in [0.1, 0.15) is 0 Å². The normalized spacial score (nSPS) is 29.8. The number of thiophene rings is 1. The molecule has 0 bridgehead atoms. The molecule has 0 amide bonds. The highest BCUT2D eigenvalue weighted by Gasteiger charge is 2.36. The zero-order valence-electron chi connectivity index (χ0n) is 9.69. The third-order valence-corrected chi connectivity index (χ3v) is 4.74. The molecule has 1 aromatic rings. The molecule has 1 N–H and O–H groups in total. The second-order valence-corrected chi connectivity index (χ2v) is 5.76. The minimum atomic E-state index is 0.765. The lowest BCUT2D eigenvalue weighted by atomic mass is 10.1. The van der Waals surface area contributed by atoms with Crippen LogP contribution in [-0.4, -0.2) is 36.6 Å². The van der Waals surface area contributed by atoms with Crippen molar-refractivity contribution in [3.8, 4) is 0 Å². The lowest BCUT2D eigenvalue weighted by Gasteiger charge is -2.21. The Morgan fingerprint density at radius 2 is 2.38 bits per heavy atom. The minimum absolute atomic E-state index is 0.765. The van der Waals surface area contributed by atoms with Crippen LogP contribution in [0.5, 0.6) is 0 Å². The van der Waals surface area contributed by atoms with Crippen molar-refractivity contribution in [2.24, 2.45) is 0 Å². The zero-order valence-corrected chi connectivity index (χ0v) is 10.5. The second kappa shape index (κ2) is 4.86. The van der Waals surface area contributed by atoms with Crippen LogP contribution in [0.25, 0.3) is 0 Å². The Labute approximate surface area is 102 Å². The summed E-state index contributed by atoms with van der Waals surface area (Å²) < 4.78 is 0. The highest BCUT2D eigenvalue weighted by molar-refractivity contribution is 7.07. The van der Waals surface area contributed by atoms with E-state index in [4.69, 9.17) is 0 Å². The molecule has 88 valence electrons. The fourth-order valence-electron chi connectivity index (χ4n) is 3.16. The molecule has 2 saturated heterocycles. The summed E-state index contributed by atoms with van der Waals surface area (Å²) in [7, 11) is 0. The fourth-order valence-corrected chi connectivity index (χ4v) is 3.86. The SMILES string of the molecule is c1cc(CCNC2CCN3CCCC23)cs1. The largest absolute Gasteiger partial charge is 0.312 e. The Hall–Kier alpha value is -0.380. The van der Waals surface area contributed by atoms with E-state index in [-0.39, 0.29) is 0 Å². The molecule has 2 aliphatic heterocycles. The van der Waals surface area contributed by atoms with Crippen LogP contribution in [0.1, 0.15) is 24.8 Å². The van der Waals surface area contributed by atoms with Crippen LogP contribution < -0.4 is 5.32 Å². The molecular formula is C13H20N2S. The third-order valence-electron chi connectivity index (χ3n) is 4.01. The standard InChI is InChI=1S/C13H20N2S/c1-2-13-12(4-8-15(13)7-1)14-6-3-11-5-9-16-10-11/h5,9-10,12-14H,1-4,6-8H2. The van der Waals surface area contributed by atoms with E-state index in [9.17, 15) is 0 Å². The molecule has 3 heteroatoms. The average molecular weight is 236 g/mol. The smallest absolute Gasteiger partial charge is 0.0250 e.